The summed E-state index contributed by atoms with van der Waals surface area (Å²) in [6.07, 6.45) is 1.26. The van der Waals surface area contributed by atoms with Gasteiger partial charge in [-0.15, -0.1) is 0 Å². The molecule has 3 heteroatoms. The van der Waals surface area contributed by atoms with Crippen LogP contribution in [0.5, 0.6) is 5.75 Å². The van der Waals surface area contributed by atoms with Crippen molar-refractivity contribution in [1.82, 2.24) is 4.90 Å². The lowest BCUT2D eigenvalue weighted by molar-refractivity contribution is 0.0846. The normalized spacial score (nSPS) is 23.1. The maximum atomic E-state index is 12.7. The third-order valence-electron chi connectivity index (χ3n) is 4.24. The van der Waals surface area contributed by atoms with Crippen LogP contribution in [0.4, 0.5) is 0 Å². The zero-order valence-corrected chi connectivity index (χ0v) is 13.9. The topological polar surface area (TPSA) is 29.5 Å². The molecule has 1 aromatic carbocycles. The van der Waals surface area contributed by atoms with Crippen molar-refractivity contribution in [2.24, 2.45) is 11.8 Å². The molecule has 1 aromatic rings. The first kappa shape index (κ1) is 16.0. The highest BCUT2D eigenvalue weighted by molar-refractivity contribution is 6.00. The van der Waals surface area contributed by atoms with Crippen LogP contribution in [0.15, 0.2) is 12.1 Å². The van der Waals surface area contributed by atoms with E-state index in [1.54, 1.807) is 7.11 Å². The molecule has 2 atom stereocenters. The Morgan fingerprint density at radius 1 is 1.24 bits per heavy atom. The van der Waals surface area contributed by atoms with Gasteiger partial charge in [-0.1, -0.05) is 19.9 Å². The third-order valence-corrected chi connectivity index (χ3v) is 4.24. The first-order chi connectivity index (χ1) is 9.90. The lowest BCUT2D eigenvalue weighted by Gasteiger charge is -2.34. The van der Waals surface area contributed by atoms with E-state index in [0.29, 0.717) is 18.4 Å². The molecular weight excluding hydrogens is 262 g/mol. The van der Waals surface area contributed by atoms with Crippen LogP contribution in [0.3, 0.4) is 0 Å². The maximum Gasteiger partial charge on any atom is 0.180 e. The molecule has 0 spiro atoms. The second-order valence-corrected chi connectivity index (χ2v) is 6.73. The number of methoxy groups -OCH3 is 1. The molecule has 0 saturated carbocycles. The number of benzene rings is 1. The van der Waals surface area contributed by atoms with Gasteiger partial charge in [0.15, 0.2) is 5.78 Å². The van der Waals surface area contributed by atoms with Gasteiger partial charge in [-0.2, -0.15) is 0 Å². The van der Waals surface area contributed by atoms with E-state index in [0.717, 1.165) is 35.5 Å². The fraction of sp³-hybridized carbons (Fsp3) is 0.611. The molecule has 3 nitrogen and oxygen atoms in total. The minimum Gasteiger partial charge on any atom is -0.496 e. The molecule has 1 aliphatic rings. The van der Waals surface area contributed by atoms with Crippen molar-refractivity contribution in [2.75, 3.05) is 26.7 Å². The van der Waals surface area contributed by atoms with Crippen LogP contribution in [-0.2, 0) is 0 Å². The Hall–Kier alpha value is -1.35. The third kappa shape index (κ3) is 3.85. The van der Waals surface area contributed by atoms with Gasteiger partial charge in [0.1, 0.15) is 5.75 Å². The molecule has 0 N–H and O–H groups in total. The average Bonchev–Trinajstić information content (AvgIpc) is 2.36. The van der Waals surface area contributed by atoms with Gasteiger partial charge in [0.05, 0.1) is 19.2 Å². The number of carbonyl (C=O) groups excluding carboxylic acids is 1. The number of hydrogen-bond acceptors (Lipinski definition) is 3. The van der Waals surface area contributed by atoms with Crippen molar-refractivity contribution in [3.05, 3.63) is 28.8 Å². The lowest BCUT2D eigenvalue weighted by atomic mass is 9.91. The quantitative estimate of drug-likeness (QED) is 0.795. The van der Waals surface area contributed by atoms with E-state index in [-0.39, 0.29) is 5.78 Å². The van der Waals surface area contributed by atoms with Crippen molar-refractivity contribution in [2.45, 2.75) is 34.1 Å². The first-order valence-corrected chi connectivity index (χ1v) is 7.81. The number of piperidine rings is 1. The van der Waals surface area contributed by atoms with Gasteiger partial charge in [0, 0.05) is 13.1 Å². The van der Waals surface area contributed by atoms with Gasteiger partial charge >= 0.3 is 0 Å². The number of ether oxygens (including phenoxy) is 1. The summed E-state index contributed by atoms with van der Waals surface area (Å²) >= 11 is 0. The first-order valence-electron chi connectivity index (χ1n) is 7.81. The molecule has 21 heavy (non-hydrogen) atoms. The number of carbonyl (C=O) groups is 1. The SMILES string of the molecule is COc1c(C)cc(C)cc1C(=O)CN1CC(C)CC(C)C1. The smallest absolute Gasteiger partial charge is 0.180 e. The van der Waals surface area contributed by atoms with Crippen molar-refractivity contribution in [1.29, 1.82) is 0 Å². The summed E-state index contributed by atoms with van der Waals surface area (Å²) in [5.41, 5.74) is 2.86. The summed E-state index contributed by atoms with van der Waals surface area (Å²) in [7, 11) is 1.64. The number of ketones is 1. The molecule has 1 aliphatic heterocycles. The highest BCUT2D eigenvalue weighted by Crippen LogP contribution is 2.27. The molecule has 2 rings (SSSR count). The average molecular weight is 289 g/mol. The zero-order chi connectivity index (χ0) is 15.6. The molecule has 0 radical (unpaired) electrons. The Kier molecular flexibility index (Phi) is 5.04. The van der Waals surface area contributed by atoms with Crippen LogP contribution < -0.4 is 4.74 Å². The molecule has 116 valence electrons. The van der Waals surface area contributed by atoms with E-state index in [9.17, 15) is 4.79 Å². The van der Waals surface area contributed by atoms with Gasteiger partial charge in [-0.3, -0.25) is 9.69 Å². The second kappa shape index (κ2) is 6.61. The van der Waals surface area contributed by atoms with E-state index < -0.39 is 0 Å². The Morgan fingerprint density at radius 2 is 1.86 bits per heavy atom. The van der Waals surface area contributed by atoms with E-state index in [1.165, 1.54) is 6.42 Å². The molecule has 0 aromatic heterocycles. The molecule has 1 heterocycles. The summed E-state index contributed by atoms with van der Waals surface area (Å²) in [6.45, 7) is 11.1. The number of aryl methyl sites for hydroxylation is 2. The van der Waals surface area contributed by atoms with E-state index in [4.69, 9.17) is 4.74 Å². The van der Waals surface area contributed by atoms with Crippen LogP contribution >= 0.6 is 0 Å². The number of nitrogens with zero attached hydrogens (tertiary/aromatic N) is 1. The molecular formula is C18H27NO2. The molecule has 1 fully saturated rings. The number of Topliss-reactive ketones (excluding diaryl/α,β-unsaturated/α-hetero) is 1. The maximum absolute atomic E-state index is 12.7. The van der Waals surface area contributed by atoms with Gasteiger partial charge in [0.2, 0.25) is 0 Å². The number of rotatable bonds is 4. The summed E-state index contributed by atoms with van der Waals surface area (Å²) in [4.78, 5) is 15.0. The molecule has 0 aliphatic carbocycles. The van der Waals surface area contributed by atoms with Gasteiger partial charge in [-0.05, 0) is 49.3 Å². The fourth-order valence-corrected chi connectivity index (χ4v) is 3.64. The summed E-state index contributed by atoms with van der Waals surface area (Å²) in [5.74, 6) is 2.23. The van der Waals surface area contributed by atoms with Crippen molar-refractivity contribution >= 4 is 5.78 Å². The van der Waals surface area contributed by atoms with Crippen molar-refractivity contribution in [3.8, 4) is 5.75 Å². The number of hydrogen-bond donors (Lipinski definition) is 0. The Balaban J connectivity index is 2.17. The summed E-state index contributed by atoms with van der Waals surface area (Å²) in [5, 5.41) is 0. The zero-order valence-electron chi connectivity index (χ0n) is 13.9. The van der Waals surface area contributed by atoms with Gasteiger partial charge in [0.25, 0.3) is 0 Å². The molecule has 0 bridgehead atoms. The highest BCUT2D eigenvalue weighted by Gasteiger charge is 2.25. The minimum absolute atomic E-state index is 0.167. The lowest BCUT2D eigenvalue weighted by Crippen LogP contribution is -2.41. The van der Waals surface area contributed by atoms with Crippen molar-refractivity contribution in [3.63, 3.8) is 0 Å². The summed E-state index contributed by atoms with van der Waals surface area (Å²) < 4.78 is 5.44. The van der Waals surface area contributed by atoms with E-state index in [2.05, 4.69) is 24.8 Å². The van der Waals surface area contributed by atoms with Gasteiger partial charge in [-0.25, -0.2) is 0 Å². The monoisotopic (exact) mass is 289 g/mol. The fourth-order valence-electron chi connectivity index (χ4n) is 3.64. The molecule has 2 unspecified atom stereocenters. The predicted molar refractivity (Wildman–Crippen MR) is 86.2 cm³/mol. The van der Waals surface area contributed by atoms with Crippen LogP contribution in [-0.4, -0.2) is 37.4 Å². The second-order valence-electron chi connectivity index (χ2n) is 6.73. The van der Waals surface area contributed by atoms with E-state index >= 15 is 0 Å². The standard InChI is InChI=1S/C18H27NO2/c1-12-7-15(4)18(21-5)16(8-12)17(20)11-19-9-13(2)6-14(3)10-19/h7-8,13-14H,6,9-11H2,1-5H3. The molecule has 0 amide bonds. The van der Waals surface area contributed by atoms with Crippen LogP contribution in [0.1, 0.15) is 41.8 Å². The highest BCUT2D eigenvalue weighted by atomic mass is 16.5. The van der Waals surface area contributed by atoms with Crippen LogP contribution in [0.2, 0.25) is 0 Å². The minimum atomic E-state index is 0.167. The predicted octanol–water partition coefficient (Wildman–Crippen LogP) is 3.47. The number of likely N-dealkylation sites (tertiary alicyclic amines) is 1. The summed E-state index contributed by atoms with van der Waals surface area (Å²) in [6, 6.07) is 4.01. The molecule has 1 saturated heterocycles. The van der Waals surface area contributed by atoms with Crippen LogP contribution in [0, 0.1) is 25.7 Å². The Morgan fingerprint density at radius 3 is 2.43 bits per heavy atom. The van der Waals surface area contributed by atoms with E-state index in [1.807, 2.05) is 19.9 Å². The Labute approximate surface area is 128 Å². The van der Waals surface area contributed by atoms with Gasteiger partial charge < -0.3 is 4.74 Å². The largest absolute Gasteiger partial charge is 0.496 e. The van der Waals surface area contributed by atoms with Crippen molar-refractivity contribution < 1.29 is 9.53 Å². The van der Waals surface area contributed by atoms with Crippen LogP contribution in [0.25, 0.3) is 0 Å². The Bertz CT molecular complexity index is 514.